The molecule has 0 radical (unpaired) electrons. The van der Waals surface area contributed by atoms with Crippen LogP contribution in [-0.2, 0) is 4.79 Å². The van der Waals surface area contributed by atoms with Crippen LogP contribution in [0.1, 0.15) is 23.3 Å². The van der Waals surface area contributed by atoms with Gasteiger partial charge in [-0.25, -0.2) is 0 Å². The highest BCUT2D eigenvalue weighted by Gasteiger charge is 2.22. The van der Waals surface area contributed by atoms with Crippen LogP contribution in [0.15, 0.2) is 66.2 Å². The number of aromatic nitrogens is 1. The second-order valence-electron chi connectivity index (χ2n) is 7.54. The fraction of sp³-hybridized carbons (Fsp3) is 0.208. The van der Waals surface area contributed by atoms with Crippen molar-refractivity contribution in [3.8, 4) is 11.5 Å². The highest BCUT2D eigenvalue weighted by atomic mass is 32.1. The molecule has 2 atom stereocenters. The van der Waals surface area contributed by atoms with Crippen LogP contribution in [0, 0.1) is 0 Å². The maximum Gasteiger partial charge on any atom is 0.241 e. The number of thiophene rings is 1. The van der Waals surface area contributed by atoms with Gasteiger partial charge in [0.25, 0.3) is 0 Å². The van der Waals surface area contributed by atoms with E-state index in [1.165, 1.54) is 15.8 Å². The lowest BCUT2D eigenvalue weighted by molar-refractivity contribution is -0.117. The molecule has 31 heavy (non-hydrogen) atoms. The fourth-order valence-corrected chi connectivity index (χ4v) is 4.69. The van der Waals surface area contributed by atoms with Gasteiger partial charge in [0.1, 0.15) is 0 Å². The molecular weight excluding hydrogens is 410 g/mol. The number of amides is 1. The molecule has 3 N–H and O–H groups in total. The summed E-state index contributed by atoms with van der Waals surface area (Å²) in [6, 6.07) is 17.6. The van der Waals surface area contributed by atoms with Crippen molar-refractivity contribution in [2.24, 2.45) is 0 Å². The number of benzene rings is 2. The zero-order valence-electron chi connectivity index (χ0n) is 17.1. The van der Waals surface area contributed by atoms with E-state index in [0.29, 0.717) is 23.7 Å². The second-order valence-corrected chi connectivity index (χ2v) is 8.52. The number of anilines is 1. The predicted molar refractivity (Wildman–Crippen MR) is 123 cm³/mol. The van der Waals surface area contributed by atoms with Crippen LogP contribution >= 0.6 is 11.3 Å². The van der Waals surface area contributed by atoms with Gasteiger partial charge in [-0.05, 0) is 42.1 Å². The SMILES string of the molecule is CC(NCC(c1cccs1)c1c[nH]c2ccccc12)C(=O)Nc1ccc2c(c1)OCO2. The van der Waals surface area contributed by atoms with Gasteiger partial charge in [0, 0.05) is 46.2 Å². The summed E-state index contributed by atoms with van der Waals surface area (Å²) in [5.41, 5.74) is 3.04. The summed E-state index contributed by atoms with van der Waals surface area (Å²) in [6.45, 7) is 2.74. The molecule has 2 aromatic carbocycles. The highest BCUT2D eigenvalue weighted by molar-refractivity contribution is 7.10. The third kappa shape index (κ3) is 4.02. The van der Waals surface area contributed by atoms with Crippen molar-refractivity contribution in [2.45, 2.75) is 18.9 Å². The Morgan fingerprint density at radius 3 is 2.87 bits per heavy atom. The van der Waals surface area contributed by atoms with E-state index in [2.05, 4.69) is 57.5 Å². The average Bonchev–Trinajstić information content (AvgIpc) is 3.55. The number of fused-ring (bicyclic) bond motifs is 2. The average molecular weight is 434 g/mol. The first kappa shape index (κ1) is 19.7. The standard InChI is InChI=1S/C24H23N3O3S/c1-15(24(28)27-16-8-9-21-22(11-16)30-14-29-21)25-13-19(23-7-4-10-31-23)18-12-26-20-6-3-2-5-17(18)20/h2-12,15,19,25-26H,13-14H2,1H3,(H,27,28). The van der Waals surface area contributed by atoms with Gasteiger partial charge in [-0.2, -0.15) is 0 Å². The Labute approximate surface area is 184 Å². The van der Waals surface area contributed by atoms with E-state index in [9.17, 15) is 4.79 Å². The molecule has 4 aromatic rings. The van der Waals surface area contributed by atoms with Crippen LogP contribution in [0.25, 0.3) is 10.9 Å². The molecule has 0 bridgehead atoms. The number of hydrogen-bond acceptors (Lipinski definition) is 5. The first-order valence-electron chi connectivity index (χ1n) is 10.2. The summed E-state index contributed by atoms with van der Waals surface area (Å²) in [7, 11) is 0. The lowest BCUT2D eigenvalue weighted by atomic mass is 9.96. The van der Waals surface area contributed by atoms with Gasteiger partial charge < -0.3 is 25.1 Å². The molecule has 0 saturated heterocycles. The lowest BCUT2D eigenvalue weighted by Crippen LogP contribution is -2.40. The predicted octanol–water partition coefficient (Wildman–Crippen LogP) is 4.71. The molecule has 7 heteroatoms. The maximum atomic E-state index is 12.8. The topological polar surface area (TPSA) is 75.4 Å². The Kier molecular flexibility index (Phi) is 5.36. The van der Waals surface area contributed by atoms with Crippen molar-refractivity contribution in [1.29, 1.82) is 0 Å². The number of para-hydroxylation sites is 1. The number of aromatic amines is 1. The molecule has 1 aliphatic rings. The van der Waals surface area contributed by atoms with Gasteiger partial charge in [0.15, 0.2) is 11.5 Å². The van der Waals surface area contributed by atoms with Crippen LogP contribution < -0.4 is 20.1 Å². The minimum atomic E-state index is -0.363. The molecule has 3 heterocycles. The minimum Gasteiger partial charge on any atom is -0.454 e. The van der Waals surface area contributed by atoms with Crippen LogP contribution in [0.3, 0.4) is 0 Å². The van der Waals surface area contributed by atoms with Crippen LogP contribution in [0.4, 0.5) is 5.69 Å². The Bertz CT molecular complexity index is 1200. The maximum absolute atomic E-state index is 12.8. The molecule has 6 nitrogen and oxygen atoms in total. The van der Waals surface area contributed by atoms with Crippen molar-refractivity contribution in [1.82, 2.24) is 10.3 Å². The van der Waals surface area contributed by atoms with Crippen molar-refractivity contribution in [3.05, 3.63) is 76.6 Å². The van der Waals surface area contributed by atoms with Gasteiger partial charge >= 0.3 is 0 Å². The van der Waals surface area contributed by atoms with Crippen LogP contribution in [0.2, 0.25) is 0 Å². The molecule has 0 saturated carbocycles. The molecule has 0 spiro atoms. The number of ether oxygens (including phenoxy) is 2. The van der Waals surface area contributed by atoms with Gasteiger partial charge in [-0.15, -0.1) is 11.3 Å². The van der Waals surface area contributed by atoms with E-state index >= 15 is 0 Å². The second kappa shape index (κ2) is 8.45. The normalized spacial score (nSPS) is 14.5. The zero-order chi connectivity index (χ0) is 21.2. The number of H-pyrrole nitrogens is 1. The van der Waals surface area contributed by atoms with E-state index in [0.717, 1.165) is 5.52 Å². The quantitative estimate of drug-likeness (QED) is 0.395. The molecule has 2 unspecified atom stereocenters. The largest absolute Gasteiger partial charge is 0.454 e. The number of rotatable bonds is 7. The summed E-state index contributed by atoms with van der Waals surface area (Å²) >= 11 is 1.73. The van der Waals surface area contributed by atoms with Gasteiger partial charge in [-0.1, -0.05) is 24.3 Å². The fourth-order valence-electron chi connectivity index (χ4n) is 3.85. The summed E-state index contributed by atoms with van der Waals surface area (Å²) in [5, 5.41) is 9.67. The van der Waals surface area contributed by atoms with Crippen molar-refractivity contribution in [3.63, 3.8) is 0 Å². The third-order valence-corrected chi connectivity index (χ3v) is 6.53. The first-order valence-corrected chi connectivity index (χ1v) is 11.1. The van der Waals surface area contributed by atoms with Gasteiger partial charge in [0.05, 0.1) is 6.04 Å². The number of carbonyl (C=O) groups is 1. The summed E-state index contributed by atoms with van der Waals surface area (Å²) in [6.07, 6.45) is 2.08. The monoisotopic (exact) mass is 433 g/mol. The molecule has 0 fully saturated rings. The Balaban J connectivity index is 1.29. The lowest BCUT2D eigenvalue weighted by Gasteiger charge is -2.20. The summed E-state index contributed by atoms with van der Waals surface area (Å²) in [5.74, 6) is 1.40. The van der Waals surface area contributed by atoms with Crippen molar-refractivity contribution < 1.29 is 14.3 Å². The zero-order valence-corrected chi connectivity index (χ0v) is 17.9. The van der Waals surface area contributed by atoms with Gasteiger partial charge in [0.2, 0.25) is 12.7 Å². The molecule has 1 amide bonds. The minimum absolute atomic E-state index is 0.0947. The Morgan fingerprint density at radius 1 is 1.13 bits per heavy atom. The Morgan fingerprint density at radius 2 is 2.00 bits per heavy atom. The number of nitrogens with one attached hydrogen (secondary N) is 3. The van der Waals surface area contributed by atoms with Crippen LogP contribution in [0.5, 0.6) is 11.5 Å². The molecule has 158 valence electrons. The molecule has 0 aliphatic carbocycles. The van der Waals surface area contributed by atoms with Crippen LogP contribution in [-0.4, -0.2) is 30.3 Å². The van der Waals surface area contributed by atoms with E-state index < -0.39 is 0 Å². The number of carbonyl (C=O) groups excluding carboxylic acids is 1. The molecular formula is C24H23N3O3S. The van der Waals surface area contributed by atoms with Gasteiger partial charge in [-0.3, -0.25) is 4.79 Å². The molecule has 2 aromatic heterocycles. The number of hydrogen-bond donors (Lipinski definition) is 3. The smallest absolute Gasteiger partial charge is 0.241 e. The van der Waals surface area contributed by atoms with Crippen molar-refractivity contribution >= 4 is 33.8 Å². The summed E-state index contributed by atoms with van der Waals surface area (Å²) in [4.78, 5) is 17.4. The highest BCUT2D eigenvalue weighted by Crippen LogP contribution is 2.35. The van der Waals surface area contributed by atoms with E-state index in [1.807, 2.05) is 19.1 Å². The van der Waals surface area contributed by atoms with Crippen molar-refractivity contribution in [2.75, 3.05) is 18.7 Å². The Hall–Kier alpha value is -3.29. The summed E-state index contributed by atoms with van der Waals surface area (Å²) < 4.78 is 10.7. The van der Waals surface area contributed by atoms with E-state index in [4.69, 9.17) is 9.47 Å². The molecule has 1 aliphatic heterocycles. The third-order valence-electron chi connectivity index (χ3n) is 5.54. The first-order chi connectivity index (χ1) is 15.2. The molecule has 5 rings (SSSR count). The van der Waals surface area contributed by atoms with E-state index in [1.54, 1.807) is 23.5 Å². The van der Waals surface area contributed by atoms with E-state index in [-0.39, 0.29) is 24.7 Å².